The summed E-state index contributed by atoms with van der Waals surface area (Å²) in [5, 5.41) is 5.98. The third-order valence-electron chi connectivity index (χ3n) is 2.12. The number of nitrogens with one attached hydrogen (secondary N) is 1. The van der Waals surface area contributed by atoms with Crippen molar-refractivity contribution in [3.8, 4) is 0 Å². The first-order chi connectivity index (χ1) is 5.27. The van der Waals surface area contributed by atoms with Crippen LogP contribution in [0.4, 0.5) is 0 Å². The van der Waals surface area contributed by atoms with Crippen molar-refractivity contribution in [3.05, 3.63) is 16.8 Å². The summed E-state index contributed by atoms with van der Waals surface area (Å²) in [6.07, 6.45) is 3.30. The minimum atomic E-state index is -0.137. The molecule has 0 aromatic carbocycles. The van der Waals surface area contributed by atoms with E-state index < -0.39 is 0 Å². The van der Waals surface area contributed by atoms with Crippen molar-refractivity contribution in [2.75, 3.05) is 0 Å². The lowest BCUT2D eigenvalue weighted by Crippen LogP contribution is -2.40. The van der Waals surface area contributed by atoms with Crippen LogP contribution in [0, 0.1) is 0 Å². The number of hydrogen-bond donors (Lipinski definition) is 2. The zero-order chi connectivity index (χ0) is 7.84. The molecule has 0 unspecified atom stereocenters. The van der Waals surface area contributed by atoms with Gasteiger partial charge in [-0.2, -0.15) is 5.10 Å². The first-order valence-electron chi connectivity index (χ1n) is 3.64. The van der Waals surface area contributed by atoms with Gasteiger partial charge in [0.05, 0.1) is 0 Å². The summed E-state index contributed by atoms with van der Waals surface area (Å²) < 4.78 is 1.60. The summed E-state index contributed by atoms with van der Waals surface area (Å²) in [6.45, 7) is 0. The second-order valence-corrected chi connectivity index (χ2v) is 2.95. The third-order valence-corrected chi connectivity index (χ3v) is 2.12. The summed E-state index contributed by atoms with van der Waals surface area (Å²) in [5.74, 6) is 0. The summed E-state index contributed by atoms with van der Waals surface area (Å²) >= 11 is 0. The van der Waals surface area contributed by atoms with Crippen molar-refractivity contribution in [1.29, 1.82) is 0 Å². The van der Waals surface area contributed by atoms with Crippen LogP contribution in [0.3, 0.4) is 0 Å². The first kappa shape index (κ1) is 6.60. The molecule has 60 valence electrons. The Morgan fingerprint density at radius 3 is 2.91 bits per heavy atom. The Labute approximate surface area is 63.2 Å². The van der Waals surface area contributed by atoms with Crippen LogP contribution in [0.1, 0.15) is 18.9 Å². The zero-order valence-corrected chi connectivity index (χ0v) is 6.03. The normalized spacial score (nSPS) is 29.9. The van der Waals surface area contributed by atoms with Crippen LogP contribution in [0.5, 0.6) is 0 Å². The molecular formula is C6H10N4O. The molecule has 11 heavy (non-hydrogen) atoms. The molecule has 5 heteroatoms. The summed E-state index contributed by atoms with van der Waals surface area (Å²) in [7, 11) is 0. The van der Waals surface area contributed by atoms with Gasteiger partial charge in [0.15, 0.2) is 0 Å². The SMILES string of the molecule is NC1CC(n2cn[nH]c2=O)C1. The van der Waals surface area contributed by atoms with Gasteiger partial charge in [-0.3, -0.25) is 4.57 Å². The maximum Gasteiger partial charge on any atom is 0.343 e. The number of H-pyrrole nitrogens is 1. The van der Waals surface area contributed by atoms with Gasteiger partial charge in [-0.25, -0.2) is 9.89 Å². The van der Waals surface area contributed by atoms with E-state index in [2.05, 4.69) is 10.2 Å². The molecule has 0 radical (unpaired) electrons. The van der Waals surface area contributed by atoms with E-state index in [4.69, 9.17) is 5.73 Å². The van der Waals surface area contributed by atoms with E-state index in [9.17, 15) is 4.79 Å². The maximum atomic E-state index is 11.0. The van der Waals surface area contributed by atoms with Crippen LogP contribution >= 0.6 is 0 Å². The van der Waals surface area contributed by atoms with Gasteiger partial charge >= 0.3 is 5.69 Å². The number of rotatable bonds is 1. The van der Waals surface area contributed by atoms with Crippen molar-refractivity contribution in [1.82, 2.24) is 14.8 Å². The molecule has 0 saturated heterocycles. The highest BCUT2D eigenvalue weighted by atomic mass is 16.1. The molecular weight excluding hydrogens is 144 g/mol. The van der Waals surface area contributed by atoms with Crippen LogP contribution in [0.15, 0.2) is 11.1 Å². The largest absolute Gasteiger partial charge is 0.343 e. The molecule has 0 bridgehead atoms. The number of hydrogen-bond acceptors (Lipinski definition) is 3. The fourth-order valence-corrected chi connectivity index (χ4v) is 1.37. The average molecular weight is 154 g/mol. The number of nitrogens with zero attached hydrogens (tertiary/aromatic N) is 2. The van der Waals surface area contributed by atoms with E-state index in [0.29, 0.717) is 0 Å². The summed E-state index contributed by atoms with van der Waals surface area (Å²) in [5.41, 5.74) is 5.44. The van der Waals surface area contributed by atoms with Gasteiger partial charge < -0.3 is 5.73 Å². The fourth-order valence-electron chi connectivity index (χ4n) is 1.37. The first-order valence-corrected chi connectivity index (χ1v) is 3.64. The van der Waals surface area contributed by atoms with E-state index in [1.54, 1.807) is 4.57 Å². The molecule has 1 heterocycles. The third kappa shape index (κ3) is 0.970. The van der Waals surface area contributed by atoms with Gasteiger partial charge in [-0.05, 0) is 12.8 Å². The van der Waals surface area contributed by atoms with Gasteiger partial charge in [-0.1, -0.05) is 0 Å². The molecule has 1 saturated carbocycles. The lowest BCUT2D eigenvalue weighted by Gasteiger charge is -2.32. The van der Waals surface area contributed by atoms with Crippen molar-refractivity contribution >= 4 is 0 Å². The quantitative estimate of drug-likeness (QED) is 0.557. The van der Waals surface area contributed by atoms with Gasteiger partial charge in [-0.15, -0.1) is 0 Å². The second-order valence-electron chi connectivity index (χ2n) is 2.95. The smallest absolute Gasteiger partial charge is 0.328 e. The number of aromatic amines is 1. The molecule has 1 aromatic rings. The van der Waals surface area contributed by atoms with Gasteiger partial charge in [0.2, 0.25) is 0 Å². The lowest BCUT2D eigenvalue weighted by molar-refractivity contribution is 0.261. The highest BCUT2D eigenvalue weighted by Crippen LogP contribution is 2.28. The summed E-state index contributed by atoms with van der Waals surface area (Å²) in [6, 6.07) is 0.540. The van der Waals surface area contributed by atoms with Crippen molar-refractivity contribution in [2.45, 2.75) is 24.9 Å². The van der Waals surface area contributed by atoms with Gasteiger partial charge in [0.1, 0.15) is 6.33 Å². The number of aromatic nitrogens is 3. The van der Waals surface area contributed by atoms with E-state index in [-0.39, 0.29) is 17.8 Å². The molecule has 0 spiro atoms. The molecule has 0 atom stereocenters. The molecule has 1 aliphatic rings. The Hall–Kier alpha value is -1.10. The van der Waals surface area contributed by atoms with E-state index >= 15 is 0 Å². The maximum absolute atomic E-state index is 11.0. The van der Waals surface area contributed by atoms with Crippen molar-refractivity contribution in [3.63, 3.8) is 0 Å². The summed E-state index contributed by atoms with van der Waals surface area (Å²) in [4.78, 5) is 11.0. The molecule has 3 N–H and O–H groups in total. The average Bonchev–Trinajstić information content (AvgIpc) is 2.29. The highest BCUT2D eigenvalue weighted by Gasteiger charge is 2.28. The van der Waals surface area contributed by atoms with Crippen molar-refractivity contribution in [2.24, 2.45) is 5.73 Å². The van der Waals surface area contributed by atoms with Gasteiger partial charge in [0.25, 0.3) is 0 Å². The number of nitrogens with two attached hydrogens (primary N) is 1. The predicted molar refractivity (Wildman–Crippen MR) is 39.1 cm³/mol. The van der Waals surface area contributed by atoms with Crippen LogP contribution in [0.25, 0.3) is 0 Å². The highest BCUT2D eigenvalue weighted by molar-refractivity contribution is 4.88. The topological polar surface area (TPSA) is 76.7 Å². The van der Waals surface area contributed by atoms with Crippen LogP contribution in [0.2, 0.25) is 0 Å². The Kier molecular flexibility index (Phi) is 1.32. The van der Waals surface area contributed by atoms with E-state index in [1.807, 2.05) is 0 Å². The molecule has 5 nitrogen and oxygen atoms in total. The molecule has 1 fully saturated rings. The van der Waals surface area contributed by atoms with Crippen LogP contribution in [-0.4, -0.2) is 20.8 Å². The lowest BCUT2D eigenvalue weighted by atomic mass is 9.87. The minimum absolute atomic E-state index is 0.137. The zero-order valence-electron chi connectivity index (χ0n) is 6.03. The Morgan fingerprint density at radius 2 is 2.45 bits per heavy atom. The van der Waals surface area contributed by atoms with Crippen LogP contribution in [-0.2, 0) is 0 Å². The standard InChI is InChI=1S/C6H10N4O/c7-4-1-5(2-4)10-3-8-9-6(10)11/h3-5H,1-2,7H2,(H,9,11). The fraction of sp³-hybridized carbons (Fsp3) is 0.667. The van der Waals surface area contributed by atoms with Crippen molar-refractivity contribution < 1.29 is 0 Å². The molecule has 0 aliphatic heterocycles. The predicted octanol–water partition coefficient (Wildman–Crippen LogP) is -0.766. The molecule has 1 aliphatic carbocycles. The minimum Gasteiger partial charge on any atom is -0.328 e. The Morgan fingerprint density at radius 1 is 1.73 bits per heavy atom. The van der Waals surface area contributed by atoms with Gasteiger partial charge in [0, 0.05) is 12.1 Å². The van der Waals surface area contributed by atoms with E-state index in [0.717, 1.165) is 12.8 Å². The Balaban J connectivity index is 2.19. The van der Waals surface area contributed by atoms with Crippen LogP contribution < -0.4 is 11.4 Å². The molecule has 2 rings (SSSR count). The molecule has 0 amide bonds. The second kappa shape index (κ2) is 2.20. The Bertz CT molecular complexity index is 296. The molecule has 1 aromatic heterocycles. The van der Waals surface area contributed by atoms with E-state index in [1.165, 1.54) is 6.33 Å². The monoisotopic (exact) mass is 154 g/mol.